The van der Waals surface area contributed by atoms with Crippen LogP contribution >= 0.6 is 0 Å². The molecule has 0 bridgehead atoms. The highest BCUT2D eigenvalue weighted by Crippen LogP contribution is 1.79. The molecule has 0 spiro atoms. The summed E-state index contributed by atoms with van der Waals surface area (Å²) in [4.78, 5) is 0. The fourth-order valence-corrected chi connectivity index (χ4v) is 0.0481. The first-order chi connectivity index (χ1) is 2.81. The monoisotopic (exact) mass is 81.1 g/mol. The fourth-order valence-electron chi connectivity index (χ4n) is 0.0481. The first kappa shape index (κ1) is 5.10. The van der Waals surface area contributed by atoms with Gasteiger partial charge in [-0.05, 0) is 6.92 Å². The van der Waals surface area contributed by atoms with Gasteiger partial charge < -0.3 is 5.73 Å². The molecule has 1 nitrogen and oxygen atoms in total. The molecule has 0 aromatic heterocycles. The van der Waals surface area contributed by atoms with E-state index < -0.39 is 0 Å². The van der Waals surface area contributed by atoms with Gasteiger partial charge in [0.25, 0.3) is 0 Å². The van der Waals surface area contributed by atoms with E-state index in [1.165, 1.54) is 6.20 Å². The molecular weight excluding hydrogens is 74.1 g/mol. The lowest BCUT2D eigenvalue weighted by Gasteiger charge is -1.75. The molecule has 1 heteroatoms. The lowest BCUT2D eigenvalue weighted by atomic mass is 10.4. The standard InChI is InChI=1S/C5H7N/c1-3-5(2)4-6/h1,4H,6H2,2H3/b5-4-. The lowest BCUT2D eigenvalue weighted by Crippen LogP contribution is -1.78. The van der Waals surface area contributed by atoms with Gasteiger partial charge in [-0.3, -0.25) is 0 Å². The van der Waals surface area contributed by atoms with E-state index in [0.717, 1.165) is 5.57 Å². The number of hydrogen-bond donors (Lipinski definition) is 1. The SMILES string of the molecule is C#C/C(C)=C\N. The molecule has 0 saturated heterocycles. The van der Waals surface area contributed by atoms with Gasteiger partial charge in [0.15, 0.2) is 0 Å². The molecule has 6 heavy (non-hydrogen) atoms. The predicted octanol–water partition coefficient (Wildman–Crippen LogP) is 0.482. The molecule has 0 aromatic carbocycles. The zero-order chi connectivity index (χ0) is 4.99. The van der Waals surface area contributed by atoms with E-state index in [4.69, 9.17) is 12.2 Å². The van der Waals surface area contributed by atoms with Crippen LogP contribution in [0.15, 0.2) is 11.8 Å². The van der Waals surface area contributed by atoms with Gasteiger partial charge >= 0.3 is 0 Å². The zero-order valence-electron chi connectivity index (χ0n) is 3.73. The highest BCUT2D eigenvalue weighted by molar-refractivity contribution is 5.20. The van der Waals surface area contributed by atoms with Crippen LogP contribution in [0.4, 0.5) is 0 Å². The van der Waals surface area contributed by atoms with Crippen molar-refractivity contribution in [2.75, 3.05) is 0 Å². The minimum atomic E-state index is 0.773. The minimum Gasteiger partial charge on any atom is -0.404 e. The largest absolute Gasteiger partial charge is 0.404 e. The highest BCUT2D eigenvalue weighted by atomic mass is 14.5. The van der Waals surface area contributed by atoms with E-state index in [1.807, 2.05) is 0 Å². The molecular formula is C5H7N. The van der Waals surface area contributed by atoms with Crippen LogP contribution in [-0.2, 0) is 0 Å². The van der Waals surface area contributed by atoms with Gasteiger partial charge in [-0.25, -0.2) is 0 Å². The zero-order valence-corrected chi connectivity index (χ0v) is 3.73. The Kier molecular flexibility index (Phi) is 1.99. The Hall–Kier alpha value is -0.900. The van der Waals surface area contributed by atoms with E-state index in [0.29, 0.717) is 0 Å². The van der Waals surface area contributed by atoms with Crippen molar-refractivity contribution in [2.24, 2.45) is 5.73 Å². The molecule has 0 atom stereocenters. The Morgan fingerprint density at radius 1 is 2.00 bits per heavy atom. The molecule has 0 rings (SSSR count). The van der Waals surface area contributed by atoms with Crippen molar-refractivity contribution >= 4 is 0 Å². The summed E-state index contributed by atoms with van der Waals surface area (Å²) in [7, 11) is 0. The number of allylic oxidation sites excluding steroid dienone is 1. The average molecular weight is 81.1 g/mol. The molecule has 2 N–H and O–H groups in total. The molecule has 0 aliphatic carbocycles. The quantitative estimate of drug-likeness (QED) is 0.422. The van der Waals surface area contributed by atoms with Gasteiger partial charge in [-0.15, -0.1) is 6.42 Å². The molecule has 0 aliphatic rings. The van der Waals surface area contributed by atoms with Crippen molar-refractivity contribution < 1.29 is 0 Å². The highest BCUT2D eigenvalue weighted by Gasteiger charge is 1.67. The van der Waals surface area contributed by atoms with Gasteiger partial charge in [0.1, 0.15) is 0 Å². The summed E-state index contributed by atoms with van der Waals surface area (Å²) in [6.45, 7) is 1.78. The normalized spacial score (nSPS) is 10.3. The molecule has 0 radical (unpaired) electrons. The summed E-state index contributed by atoms with van der Waals surface area (Å²) < 4.78 is 0. The predicted molar refractivity (Wildman–Crippen MR) is 26.8 cm³/mol. The summed E-state index contributed by atoms with van der Waals surface area (Å²) >= 11 is 0. The Labute approximate surface area is 37.8 Å². The van der Waals surface area contributed by atoms with Gasteiger partial charge in [-0.2, -0.15) is 0 Å². The summed E-state index contributed by atoms with van der Waals surface area (Å²) in [5, 5.41) is 0. The van der Waals surface area contributed by atoms with Crippen molar-refractivity contribution in [3.05, 3.63) is 11.8 Å². The molecule has 0 unspecified atom stereocenters. The summed E-state index contributed by atoms with van der Waals surface area (Å²) in [6, 6.07) is 0. The number of hydrogen-bond acceptors (Lipinski definition) is 1. The van der Waals surface area contributed by atoms with Gasteiger partial charge in [0, 0.05) is 11.8 Å². The van der Waals surface area contributed by atoms with E-state index in [1.54, 1.807) is 6.92 Å². The van der Waals surface area contributed by atoms with Crippen LogP contribution in [0.25, 0.3) is 0 Å². The molecule has 0 heterocycles. The third-order valence-corrected chi connectivity index (χ3v) is 0.478. The van der Waals surface area contributed by atoms with Crippen LogP contribution in [0.2, 0.25) is 0 Å². The number of terminal acetylenes is 1. The maximum Gasteiger partial charge on any atom is 0.0141 e. The summed E-state index contributed by atoms with van der Waals surface area (Å²) in [5.74, 6) is 2.35. The maximum atomic E-state index is 4.98. The van der Waals surface area contributed by atoms with Crippen LogP contribution in [0.1, 0.15) is 6.92 Å². The molecule has 0 aliphatic heterocycles. The van der Waals surface area contributed by atoms with Crippen LogP contribution in [0.3, 0.4) is 0 Å². The number of nitrogens with two attached hydrogens (primary N) is 1. The summed E-state index contributed by atoms with van der Waals surface area (Å²) in [6.07, 6.45) is 6.29. The van der Waals surface area contributed by atoms with E-state index in [-0.39, 0.29) is 0 Å². The summed E-state index contributed by atoms with van der Waals surface area (Å²) in [5.41, 5.74) is 5.75. The second kappa shape index (κ2) is 2.34. The molecule has 0 amide bonds. The third kappa shape index (κ3) is 1.42. The van der Waals surface area contributed by atoms with E-state index >= 15 is 0 Å². The van der Waals surface area contributed by atoms with Crippen molar-refractivity contribution in [3.8, 4) is 12.3 Å². The first-order valence-electron chi connectivity index (χ1n) is 1.66. The Morgan fingerprint density at radius 2 is 2.50 bits per heavy atom. The second-order valence-corrected chi connectivity index (χ2v) is 0.994. The van der Waals surface area contributed by atoms with Gasteiger partial charge in [0.05, 0.1) is 0 Å². The minimum absolute atomic E-state index is 0.773. The van der Waals surface area contributed by atoms with Gasteiger partial charge in [0.2, 0.25) is 0 Å². The Balaban J connectivity index is 3.61. The Morgan fingerprint density at radius 3 is 2.50 bits per heavy atom. The maximum absolute atomic E-state index is 4.98. The van der Waals surface area contributed by atoms with E-state index in [2.05, 4.69) is 5.92 Å². The molecule has 0 aromatic rings. The van der Waals surface area contributed by atoms with Crippen molar-refractivity contribution in [2.45, 2.75) is 6.92 Å². The van der Waals surface area contributed by atoms with Crippen LogP contribution in [0, 0.1) is 12.3 Å². The van der Waals surface area contributed by atoms with Gasteiger partial charge in [-0.1, -0.05) is 5.92 Å². The average Bonchev–Trinajstić information content (AvgIpc) is 1.65. The van der Waals surface area contributed by atoms with Crippen LogP contribution < -0.4 is 5.73 Å². The van der Waals surface area contributed by atoms with E-state index in [9.17, 15) is 0 Å². The first-order valence-corrected chi connectivity index (χ1v) is 1.66. The van der Waals surface area contributed by atoms with Crippen molar-refractivity contribution in [3.63, 3.8) is 0 Å². The van der Waals surface area contributed by atoms with Crippen molar-refractivity contribution in [1.82, 2.24) is 0 Å². The number of rotatable bonds is 0. The smallest absolute Gasteiger partial charge is 0.0141 e. The molecule has 0 fully saturated rings. The van der Waals surface area contributed by atoms with Crippen LogP contribution in [-0.4, -0.2) is 0 Å². The fraction of sp³-hybridized carbons (Fsp3) is 0.200. The molecule has 32 valence electrons. The Bertz CT molecular complexity index is 95.0. The molecule has 0 saturated carbocycles. The van der Waals surface area contributed by atoms with Crippen molar-refractivity contribution in [1.29, 1.82) is 0 Å². The second-order valence-electron chi connectivity index (χ2n) is 0.994. The van der Waals surface area contributed by atoms with Crippen LogP contribution in [0.5, 0.6) is 0 Å². The topological polar surface area (TPSA) is 26.0 Å². The third-order valence-electron chi connectivity index (χ3n) is 0.478. The lowest BCUT2D eigenvalue weighted by molar-refractivity contribution is 1.47.